The molecule has 2 aliphatic heterocycles. The Morgan fingerprint density at radius 1 is 1.26 bits per heavy atom. The Hall–Kier alpha value is -2.96. The van der Waals surface area contributed by atoms with Crippen molar-refractivity contribution in [3.8, 4) is 11.1 Å². The molecule has 1 atom stereocenters. The van der Waals surface area contributed by atoms with Crippen molar-refractivity contribution in [2.24, 2.45) is 0 Å². The van der Waals surface area contributed by atoms with E-state index in [1.165, 1.54) is 27.3 Å². The maximum atomic E-state index is 14.8. The van der Waals surface area contributed by atoms with E-state index in [1.807, 2.05) is 0 Å². The first kappa shape index (κ1) is 26.6. The fourth-order valence-electron chi connectivity index (χ4n) is 5.08. The molecular formula is C25H23ClF2N4O4S2. The van der Waals surface area contributed by atoms with E-state index in [2.05, 4.69) is 11.6 Å². The zero-order valence-corrected chi connectivity index (χ0v) is 22.7. The summed E-state index contributed by atoms with van der Waals surface area (Å²) in [5, 5.41) is 0.749. The van der Waals surface area contributed by atoms with Gasteiger partial charge in [0.2, 0.25) is 5.91 Å². The highest BCUT2D eigenvalue weighted by molar-refractivity contribution is 7.99. The first-order valence-corrected chi connectivity index (χ1v) is 15.1. The molecule has 0 N–H and O–H groups in total. The summed E-state index contributed by atoms with van der Waals surface area (Å²) < 4.78 is 54.2. The van der Waals surface area contributed by atoms with Crippen LogP contribution in [0.3, 0.4) is 0 Å². The predicted octanol–water partition coefficient (Wildman–Crippen LogP) is 3.35. The van der Waals surface area contributed by atoms with Crippen molar-refractivity contribution in [3.63, 3.8) is 0 Å². The van der Waals surface area contributed by atoms with Gasteiger partial charge in [-0.3, -0.25) is 9.36 Å². The minimum absolute atomic E-state index is 0.116. The van der Waals surface area contributed by atoms with E-state index >= 15 is 0 Å². The molecular weight excluding hydrogens is 558 g/mol. The van der Waals surface area contributed by atoms with E-state index in [4.69, 9.17) is 11.6 Å². The number of hydrogen-bond acceptors (Lipinski definition) is 7. The number of aromatic nitrogens is 2. The molecule has 0 aliphatic carbocycles. The van der Waals surface area contributed by atoms with Gasteiger partial charge >= 0.3 is 5.69 Å². The highest BCUT2D eigenvalue weighted by Gasteiger charge is 2.34. The second-order valence-electron chi connectivity index (χ2n) is 9.23. The van der Waals surface area contributed by atoms with Gasteiger partial charge in [-0.2, -0.15) is 4.98 Å². The van der Waals surface area contributed by atoms with Gasteiger partial charge in [-0.25, -0.2) is 22.0 Å². The Balaban J connectivity index is 1.68. The number of sulfone groups is 1. The smallest absolute Gasteiger partial charge is 0.350 e. The fourth-order valence-corrected chi connectivity index (χ4v) is 7.62. The SMILES string of the molecule is C=CC(=O)N1CCN(c2nc(=O)n3c4c(c(-c5ccc(F)cc5F)c(Cl)cc24)SCC3)C[C@@H]1CS(C)(=O)=O. The van der Waals surface area contributed by atoms with Gasteiger partial charge in [-0.15, -0.1) is 11.8 Å². The van der Waals surface area contributed by atoms with E-state index in [1.54, 1.807) is 11.0 Å². The van der Waals surface area contributed by atoms with Gasteiger partial charge in [-0.05, 0) is 24.3 Å². The number of piperazine rings is 1. The number of halogens is 3. The van der Waals surface area contributed by atoms with E-state index in [0.717, 1.165) is 24.5 Å². The maximum absolute atomic E-state index is 14.8. The molecule has 0 radical (unpaired) electrons. The molecule has 0 spiro atoms. The highest BCUT2D eigenvalue weighted by atomic mass is 35.5. The third kappa shape index (κ3) is 4.80. The fraction of sp³-hybridized carbons (Fsp3) is 0.320. The molecule has 5 rings (SSSR count). The summed E-state index contributed by atoms with van der Waals surface area (Å²) in [6.45, 7) is 4.50. The third-order valence-electron chi connectivity index (χ3n) is 6.65. The Kier molecular flexibility index (Phi) is 6.99. The normalized spacial score (nSPS) is 17.6. The Labute approximate surface area is 226 Å². The number of anilines is 1. The average molecular weight is 581 g/mol. The van der Waals surface area contributed by atoms with Crippen LogP contribution in [-0.4, -0.2) is 72.2 Å². The monoisotopic (exact) mass is 580 g/mol. The van der Waals surface area contributed by atoms with Crippen molar-refractivity contribution in [1.29, 1.82) is 0 Å². The summed E-state index contributed by atoms with van der Waals surface area (Å²) >= 11 is 8.12. The van der Waals surface area contributed by atoms with Gasteiger partial charge in [0.05, 0.1) is 22.3 Å². The van der Waals surface area contributed by atoms with Crippen LogP contribution in [0.15, 0.2) is 46.6 Å². The quantitative estimate of drug-likeness (QED) is 0.427. The third-order valence-corrected chi connectivity index (χ3v) is 9.01. The second kappa shape index (κ2) is 9.97. The van der Waals surface area contributed by atoms with Crippen LogP contribution in [0, 0.1) is 11.6 Å². The molecule has 3 heterocycles. The maximum Gasteiger partial charge on any atom is 0.350 e. The second-order valence-corrected chi connectivity index (χ2v) is 12.9. The van der Waals surface area contributed by atoms with Crippen LogP contribution in [-0.2, 0) is 21.2 Å². The molecule has 1 saturated heterocycles. The van der Waals surface area contributed by atoms with Crippen molar-refractivity contribution in [1.82, 2.24) is 14.5 Å². The molecule has 38 heavy (non-hydrogen) atoms. The number of benzene rings is 2. The molecule has 13 heteroatoms. The van der Waals surface area contributed by atoms with E-state index in [-0.39, 0.29) is 35.3 Å². The number of nitrogens with zero attached hydrogens (tertiary/aromatic N) is 4. The molecule has 2 aliphatic rings. The molecule has 200 valence electrons. The molecule has 0 unspecified atom stereocenters. The van der Waals surface area contributed by atoms with E-state index in [0.29, 0.717) is 46.0 Å². The highest BCUT2D eigenvalue weighted by Crippen LogP contribution is 2.46. The summed E-state index contributed by atoms with van der Waals surface area (Å²) in [5.74, 6) is -1.31. The van der Waals surface area contributed by atoms with Crippen molar-refractivity contribution >= 4 is 55.8 Å². The van der Waals surface area contributed by atoms with Crippen LogP contribution >= 0.6 is 23.4 Å². The van der Waals surface area contributed by atoms with Crippen molar-refractivity contribution in [2.75, 3.05) is 42.3 Å². The van der Waals surface area contributed by atoms with Crippen LogP contribution in [0.4, 0.5) is 14.6 Å². The van der Waals surface area contributed by atoms with Gasteiger partial charge in [0, 0.05) is 65.7 Å². The van der Waals surface area contributed by atoms with Crippen molar-refractivity contribution in [2.45, 2.75) is 17.5 Å². The first-order valence-electron chi connectivity index (χ1n) is 11.7. The predicted molar refractivity (Wildman–Crippen MR) is 145 cm³/mol. The largest absolute Gasteiger partial charge is 0.352 e. The van der Waals surface area contributed by atoms with Gasteiger partial charge in [0.15, 0.2) is 0 Å². The van der Waals surface area contributed by atoms with Crippen LogP contribution < -0.4 is 10.6 Å². The number of amides is 1. The summed E-state index contributed by atoms with van der Waals surface area (Å²) in [7, 11) is -3.44. The summed E-state index contributed by atoms with van der Waals surface area (Å²) in [5.41, 5.74) is 0.502. The first-order chi connectivity index (χ1) is 18.0. The number of hydrogen-bond donors (Lipinski definition) is 0. The lowest BCUT2D eigenvalue weighted by Gasteiger charge is -2.41. The van der Waals surface area contributed by atoms with Crippen molar-refractivity contribution < 1.29 is 22.0 Å². The Morgan fingerprint density at radius 3 is 2.71 bits per heavy atom. The molecule has 0 bridgehead atoms. The minimum atomic E-state index is -3.44. The zero-order valence-electron chi connectivity index (χ0n) is 20.3. The van der Waals surface area contributed by atoms with Crippen molar-refractivity contribution in [3.05, 3.63) is 64.1 Å². The molecule has 1 amide bonds. The zero-order chi connectivity index (χ0) is 27.4. The van der Waals surface area contributed by atoms with Crippen LogP contribution in [0.5, 0.6) is 0 Å². The lowest BCUT2D eigenvalue weighted by molar-refractivity contribution is -0.128. The van der Waals surface area contributed by atoms with Gasteiger partial charge in [0.1, 0.15) is 27.3 Å². The lowest BCUT2D eigenvalue weighted by Crippen LogP contribution is -2.57. The van der Waals surface area contributed by atoms with E-state index in [9.17, 15) is 26.8 Å². The van der Waals surface area contributed by atoms with Gasteiger partial charge in [0.25, 0.3) is 0 Å². The van der Waals surface area contributed by atoms with Gasteiger partial charge in [-0.1, -0.05) is 18.2 Å². The number of carbonyl (C=O) groups is 1. The topological polar surface area (TPSA) is 92.6 Å². The minimum Gasteiger partial charge on any atom is -0.352 e. The van der Waals surface area contributed by atoms with Crippen LogP contribution in [0.1, 0.15) is 0 Å². The molecule has 0 saturated carbocycles. The average Bonchev–Trinajstić information content (AvgIpc) is 2.85. The molecule has 1 aromatic heterocycles. The van der Waals surface area contributed by atoms with Gasteiger partial charge < -0.3 is 9.80 Å². The molecule has 2 aromatic carbocycles. The molecule has 8 nitrogen and oxygen atoms in total. The summed E-state index contributed by atoms with van der Waals surface area (Å²) in [6.07, 6.45) is 2.24. The standard InChI is InChI=1S/C25H23ClF2N4O4S2/c1-3-20(33)31-7-6-30(12-15(31)13-38(2,35)36)24-17-11-18(26)21(16-5-4-14(27)10-19(16)28)23-22(17)32(8-9-37-23)25(34)29-24/h3-5,10-11,15H,1,6-9,12-13H2,2H3/t15-/m1/s1. The number of rotatable bonds is 5. The Bertz CT molecular complexity index is 1660. The summed E-state index contributed by atoms with van der Waals surface area (Å²) in [4.78, 5) is 33.8. The Morgan fingerprint density at radius 2 is 2.03 bits per heavy atom. The summed E-state index contributed by atoms with van der Waals surface area (Å²) in [6, 6.07) is 4.17. The van der Waals surface area contributed by atoms with E-state index < -0.39 is 33.2 Å². The number of aryl methyl sites for hydroxylation is 1. The molecule has 1 fully saturated rings. The molecule has 3 aromatic rings. The van der Waals surface area contributed by atoms with Crippen LogP contribution in [0.25, 0.3) is 22.0 Å². The lowest BCUT2D eigenvalue weighted by atomic mass is 10.0. The van der Waals surface area contributed by atoms with Crippen LogP contribution in [0.2, 0.25) is 5.02 Å². The number of thioether (sulfide) groups is 1. The number of carbonyl (C=O) groups excluding carboxylic acids is 1.